The highest BCUT2D eigenvalue weighted by Gasteiger charge is 2.33. The minimum absolute atomic E-state index is 0.0575. The maximum atomic E-state index is 14.4. The lowest BCUT2D eigenvalue weighted by atomic mass is 9.72. The third kappa shape index (κ3) is 5.31. The van der Waals surface area contributed by atoms with Crippen LogP contribution in [0.4, 0.5) is 5.69 Å². The van der Waals surface area contributed by atoms with Crippen molar-refractivity contribution in [2.45, 2.75) is 64.3 Å². The van der Waals surface area contributed by atoms with Crippen molar-refractivity contribution in [3.05, 3.63) is 74.9 Å². The highest BCUT2D eigenvalue weighted by molar-refractivity contribution is 8.00. The summed E-state index contributed by atoms with van der Waals surface area (Å²) in [4.78, 5) is 36.7. The first-order valence-corrected chi connectivity index (χ1v) is 15.4. The van der Waals surface area contributed by atoms with E-state index in [4.69, 9.17) is 9.72 Å². The van der Waals surface area contributed by atoms with Gasteiger partial charge in [0.1, 0.15) is 10.6 Å². The first-order valence-electron chi connectivity index (χ1n) is 13.7. The van der Waals surface area contributed by atoms with Crippen molar-refractivity contribution in [1.29, 1.82) is 0 Å². The van der Waals surface area contributed by atoms with E-state index in [-0.39, 0.29) is 16.9 Å². The number of hydrogen-bond acceptors (Lipinski definition) is 6. The van der Waals surface area contributed by atoms with Crippen molar-refractivity contribution in [2.75, 3.05) is 19.1 Å². The molecule has 2 aromatic carbocycles. The van der Waals surface area contributed by atoms with E-state index in [2.05, 4.69) is 20.8 Å². The second-order valence-corrected chi connectivity index (χ2v) is 14.1. The van der Waals surface area contributed by atoms with Gasteiger partial charge < -0.3 is 9.64 Å². The van der Waals surface area contributed by atoms with Crippen molar-refractivity contribution in [1.82, 2.24) is 9.55 Å². The Morgan fingerprint density at radius 3 is 2.60 bits per heavy atom. The number of anilines is 1. The first-order chi connectivity index (χ1) is 19.0. The van der Waals surface area contributed by atoms with Crippen LogP contribution in [0.3, 0.4) is 0 Å². The van der Waals surface area contributed by atoms with Crippen LogP contribution < -0.4 is 15.2 Å². The summed E-state index contributed by atoms with van der Waals surface area (Å²) in [5.74, 6) is 1.17. The van der Waals surface area contributed by atoms with Gasteiger partial charge in [-0.2, -0.15) is 0 Å². The number of aryl methyl sites for hydroxylation is 2. The van der Waals surface area contributed by atoms with E-state index in [1.54, 1.807) is 35.0 Å². The minimum atomic E-state index is -0.466. The van der Waals surface area contributed by atoms with E-state index in [9.17, 15) is 9.59 Å². The number of aromatic nitrogens is 2. The van der Waals surface area contributed by atoms with Gasteiger partial charge in [0.2, 0.25) is 5.91 Å². The number of hydrogen-bond donors (Lipinski definition) is 0. The van der Waals surface area contributed by atoms with Gasteiger partial charge in [-0.3, -0.25) is 14.2 Å². The van der Waals surface area contributed by atoms with Crippen molar-refractivity contribution in [2.24, 2.45) is 11.3 Å². The van der Waals surface area contributed by atoms with Crippen molar-refractivity contribution >= 4 is 44.9 Å². The summed E-state index contributed by atoms with van der Waals surface area (Å²) in [6.45, 7) is 10.7. The zero-order valence-electron chi connectivity index (χ0n) is 24.3. The smallest absolute Gasteiger partial charge is 0.267 e. The van der Waals surface area contributed by atoms with E-state index in [1.165, 1.54) is 16.6 Å². The molecule has 2 atom stereocenters. The van der Waals surface area contributed by atoms with Crippen LogP contribution in [-0.2, 0) is 17.6 Å². The quantitative estimate of drug-likeness (QED) is 0.182. The molecule has 210 valence electrons. The van der Waals surface area contributed by atoms with Crippen LogP contribution >= 0.6 is 23.1 Å². The number of thioether (sulfide) groups is 1. The number of para-hydroxylation sites is 1. The summed E-state index contributed by atoms with van der Waals surface area (Å²) >= 11 is 2.97. The van der Waals surface area contributed by atoms with Crippen molar-refractivity contribution in [3.63, 3.8) is 0 Å². The largest absolute Gasteiger partial charge is 0.497 e. The fourth-order valence-electron chi connectivity index (χ4n) is 5.45. The fourth-order valence-corrected chi connectivity index (χ4v) is 7.81. The van der Waals surface area contributed by atoms with Crippen LogP contribution in [0.1, 0.15) is 50.1 Å². The second-order valence-electron chi connectivity index (χ2n) is 11.7. The Morgan fingerprint density at radius 1 is 1.20 bits per heavy atom. The molecule has 6 nitrogen and oxygen atoms in total. The number of carbonyl (C=O) groups is 1. The predicted molar refractivity (Wildman–Crippen MR) is 167 cm³/mol. The number of fused-ring (bicyclic) bond motifs is 3. The summed E-state index contributed by atoms with van der Waals surface area (Å²) in [7, 11) is 3.40. The average Bonchev–Trinajstić information content (AvgIpc) is 3.31. The van der Waals surface area contributed by atoms with Gasteiger partial charge in [0.25, 0.3) is 5.56 Å². The molecule has 2 aromatic heterocycles. The van der Waals surface area contributed by atoms with Crippen LogP contribution in [0.25, 0.3) is 15.9 Å². The average molecular weight is 576 g/mol. The predicted octanol–water partition coefficient (Wildman–Crippen LogP) is 7.06. The number of ether oxygens (including phenoxy) is 1. The Hall–Kier alpha value is -3.10. The summed E-state index contributed by atoms with van der Waals surface area (Å²) in [6, 6.07) is 15.3. The number of methoxy groups -OCH3 is 1. The number of amides is 1. The lowest BCUT2D eigenvalue weighted by molar-refractivity contribution is -0.117. The molecule has 40 heavy (non-hydrogen) atoms. The molecule has 0 fully saturated rings. The molecule has 0 radical (unpaired) electrons. The molecule has 0 saturated heterocycles. The van der Waals surface area contributed by atoms with E-state index in [1.807, 2.05) is 62.4 Å². The number of nitrogens with zero attached hydrogens (tertiary/aromatic N) is 3. The van der Waals surface area contributed by atoms with Gasteiger partial charge in [-0.15, -0.1) is 11.3 Å². The lowest BCUT2D eigenvalue weighted by Crippen LogP contribution is -2.34. The summed E-state index contributed by atoms with van der Waals surface area (Å²) in [5, 5.41) is 0.771. The van der Waals surface area contributed by atoms with Crippen LogP contribution in [0, 0.1) is 18.3 Å². The molecule has 2 unspecified atom stereocenters. The molecule has 2 heterocycles. The Balaban J connectivity index is 1.63. The van der Waals surface area contributed by atoms with Crippen LogP contribution in [-0.4, -0.2) is 34.9 Å². The molecule has 0 bridgehead atoms. The first kappa shape index (κ1) is 28.4. The van der Waals surface area contributed by atoms with Crippen molar-refractivity contribution < 1.29 is 9.53 Å². The molecular formula is C32H37N3O3S2. The Labute approximate surface area is 244 Å². The van der Waals surface area contributed by atoms with Crippen LogP contribution in [0.5, 0.6) is 5.75 Å². The second kappa shape index (κ2) is 11.1. The highest BCUT2D eigenvalue weighted by atomic mass is 32.2. The fraction of sp³-hybridized carbons (Fsp3) is 0.406. The third-order valence-electron chi connectivity index (χ3n) is 8.04. The molecule has 5 rings (SSSR count). The highest BCUT2D eigenvalue weighted by Crippen LogP contribution is 2.43. The number of benzene rings is 2. The number of thiophene rings is 1. The summed E-state index contributed by atoms with van der Waals surface area (Å²) < 4.78 is 7.21. The molecule has 4 aromatic rings. The van der Waals surface area contributed by atoms with E-state index < -0.39 is 5.25 Å². The number of carbonyl (C=O) groups excluding carboxylic acids is 1. The molecule has 1 aliphatic carbocycles. The Morgan fingerprint density at radius 2 is 1.93 bits per heavy atom. The standard InChI is InChI=1S/C32H37N3O3S2/c1-19-13-15-23(38-7)18-25(19)35-30(37)27-24-16-14-21(32(3,4)5)17-26(24)40-28(27)33-31(35)39-20(2)29(36)34(6)22-11-9-8-10-12-22/h8-13,15,18,20-21H,14,16-17H2,1-7H3. The van der Waals surface area contributed by atoms with Crippen LogP contribution in [0.2, 0.25) is 0 Å². The van der Waals surface area contributed by atoms with E-state index in [0.717, 1.165) is 52.0 Å². The molecule has 0 aliphatic heterocycles. The van der Waals surface area contributed by atoms with Gasteiger partial charge in [0.05, 0.1) is 23.4 Å². The molecule has 1 aliphatic rings. The van der Waals surface area contributed by atoms with Crippen molar-refractivity contribution in [3.8, 4) is 11.4 Å². The van der Waals surface area contributed by atoms with Gasteiger partial charge in [-0.25, -0.2) is 4.98 Å². The zero-order chi connectivity index (χ0) is 28.8. The van der Waals surface area contributed by atoms with Gasteiger partial charge >= 0.3 is 0 Å². The Bertz CT molecular complexity index is 1620. The minimum Gasteiger partial charge on any atom is -0.497 e. The monoisotopic (exact) mass is 575 g/mol. The topological polar surface area (TPSA) is 64.4 Å². The molecule has 0 N–H and O–H groups in total. The zero-order valence-corrected chi connectivity index (χ0v) is 25.9. The van der Waals surface area contributed by atoms with Gasteiger partial charge in [0.15, 0.2) is 5.16 Å². The lowest BCUT2D eigenvalue weighted by Gasteiger charge is -2.33. The number of rotatable bonds is 6. The summed E-state index contributed by atoms with van der Waals surface area (Å²) in [5.41, 5.74) is 3.76. The maximum Gasteiger partial charge on any atom is 0.267 e. The maximum absolute atomic E-state index is 14.4. The van der Waals surface area contributed by atoms with Gasteiger partial charge in [-0.1, -0.05) is 56.8 Å². The van der Waals surface area contributed by atoms with Gasteiger partial charge in [-0.05, 0) is 73.8 Å². The summed E-state index contributed by atoms with van der Waals surface area (Å²) in [6.07, 6.45) is 2.92. The molecule has 1 amide bonds. The molecule has 0 saturated carbocycles. The van der Waals surface area contributed by atoms with Gasteiger partial charge in [0, 0.05) is 23.7 Å². The molecule has 0 spiro atoms. The molecule has 8 heteroatoms. The Kier molecular flexibility index (Phi) is 7.86. The SMILES string of the molecule is COc1ccc(C)c(-n2c(SC(C)C(=O)N(C)c3ccccc3)nc3sc4c(c3c2=O)CCC(C(C)(C)C)C4)c1. The van der Waals surface area contributed by atoms with E-state index >= 15 is 0 Å². The molecular weight excluding hydrogens is 539 g/mol. The van der Waals surface area contributed by atoms with E-state index in [0.29, 0.717) is 16.8 Å². The normalized spacial score (nSPS) is 16.0. The van der Waals surface area contributed by atoms with Crippen LogP contribution in [0.15, 0.2) is 58.5 Å². The third-order valence-corrected chi connectivity index (χ3v) is 10.2.